The third kappa shape index (κ3) is 4.85. The second-order valence-electron chi connectivity index (χ2n) is 5.52. The van der Waals surface area contributed by atoms with Crippen LogP contribution in [0.3, 0.4) is 0 Å². The number of halogens is 1. The van der Waals surface area contributed by atoms with Gasteiger partial charge < -0.3 is 10.2 Å². The lowest BCUT2D eigenvalue weighted by Crippen LogP contribution is -2.56. The molecule has 1 saturated heterocycles. The van der Waals surface area contributed by atoms with Crippen molar-refractivity contribution in [3.05, 3.63) is 69.3 Å². The second kappa shape index (κ2) is 7.86. The van der Waals surface area contributed by atoms with Gasteiger partial charge in [-0.15, -0.1) is 0 Å². The molecule has 10 heteroatoms. The predicted molar refractivity (Wildman–Crippen MR) is 91.9 cm³/mol. The molecule has 25 heavy (non-hydrogen) atoms. The highest BCUT2D eigenvalue weighted by atomic mass is 35.5. The molecule has 1 fully saturated rings. The van der Waals surface area contributed by atoms with Gasteiger partial charge in [0.15, 0.2) is 5.03 Å². The van der Waals surface area contributed by atoms with Crippen molar-refractivity contribution in [2.45, 2.75) is 13.1 Å². The molecule has 9 nitrogen and oxygen atoms in total. The van der Waals surface area contributed by atoms with Crippen LogP contribution in [-0.4, -0.2) is 44.1 Å². The number of hydrogen-bond acceptors (Lipinski definition) is 5. The van der Waals surface area contributed by atoms with Gasteiger partial charge in [-0.2, -0.15) is 0 Å². The Morgan fingerprint density at radius 1 is 1.28 bits per heavy atom. The molecule has 1 N–H and O–H groups in total. The van der Waals surface area contributed by atoms with Gasteiger partial charge in [0.05, 0.1) is 13.3 Å². The second-order valence-corrected chi connectivity index (χ2v) is 5.90. The highest BCUT2D eigenvalue weighted by Gasteiger charge is 2.24. The summed E-state index contributed by atoms with van der Waals surface area (Å²) in [5.41, 5.74) is 1.94. The fourth-order valence-corrected chi connectivity index (χ4v) is 2.64. The van der Waals surface area contributed by atoms with Gasteiger partial charge in [-0.1, -0.05) is 23.7 Å². The third-order valence-electron chi connectivity index (χ3n) is 3.60. The highest BCUT2D eigenvalue weighted by Crippen LogP contribution is 2.13. The van der Waals surface area contributed by atoms with E-state index in [0.29, 0.717) is 31.6 Å². The van der Waals surface area contributed by atoms with Crippen molar-refractivity contribution < 1.29 is 5.03 Å². The maximum absolute atomic E-state index is 10.8. The molecule has 2 aromatic heterocycles. The van der Waals surface area contributed by atoms with Crippen molar-refractivity contribution in [2.75, 3.05) is 13.3 Å². The Kier molecular flexibility index (Phi) is 5.36. The average Bonchev–Trinajstić information content (AvgIpc) is 2.60. The molecule has 0 bridgehead atoms. The predicted octanol–water partition coefficient (Wildman–Crippen LogP) is 1.50. The van der Waals surface area contributed by atoms with Crippen LogP contribution in [0.15, 0.2) is 48.0 Å². The SMILES string of the molecule is O=[N+]([O-])/N=C1\NCN(Cc2cccnc2)CN1Cc1ccc(Cl)nc1. The van der Waals surface area contributed by atoms with E-state index < -0.39 is 5.03 Å². The van der Waals surface area contributed by atoms with Crippen molar-refractivity contribution in [1.82, 2.24) is 25.1 Å². The van der Waals surface area contributed by atoms with Crippen molar-refractivity contribution in [3.8, 4) is 0 Å². The lowest BCUT2D eigenvalue weighted by molar-refractivity contribution is -0.486. The minimum absolute atomic E-state index is 0.224. The minimum Gasteiger partial charge on any atom is -0.338 e. The lowest BCUT2D eigenvalue weighted by atomic mass is 10.2. The summed E-state index contributed by atoms with van der Waals surface area (Å²) in [7, 11) is 0. The average molecular weight is 362 g/mol. The normalized spacial score (nSPS) is 16.7. The number of nitro groups is 1. The van der Waals surface area contributed by atoms with Crippen molar-refractivity contribution >= 4 is 17.6 Å². The number of guanidine groups is 1. The molecule has 0 spiro atoms. The number of nitrogens with one attached hydrogen (secondary N) is 1. The van der Waals surface area contributed by atoms with Crippen molar-refractivity contribution in [3.63, 3.8) is 0 Å². The van der Waals surface area contributed by atoms with Crippen LogP contribution in [0.2, 0.25) is 5.15 Å². The Morgan fingerprint density at radius 2 is 2.12 bits per heavy atom. The number of pyridine rings is 2. The van der Waals surface area contributed by atoms with Gasteiger partial charge in [0.1, 0.15) is 10.3 Å². The highest BCUT2D eigenvalue weighted by molar-refractivity contribution is 6.29. The summed E-state index contributed by atoms with van der Waals surface area (Å²) >= 11 is 5.80. The van der Waals surface area contributed by atoms with Gasteiger partial charge in [-0.25, -0.2) is 15.1 Å². The maximum atomic E-state index is 10.8. The van der Waals surface area contributed by atoms with E-state index in [9.17, 15) is 10.1 Å². The third-order valence-corrected chi connectivity index (χ3v) is 3.82. The standard InChI is InChI=1S/C15H16ClN7O2/c16-14-4-3-13(7-18-14)9-22-11-21(8-12-2-1-5-17-6-12)10-19-15(22)20-23(24)25/h1-7H,8-11H2,(H,19,20). The molecule has 1 aliphatic heterocycles. The van der Waals surface area contributed by atoms with Crippen LogP contribution < -0.4 is 5.32 Å². The number of aromatic nitrogens is 2. The number of nitrogens with zero attached hydrogens (tertiary/aromatic N) is 6. The molecule has 3 heterocycles. The van der Waals surface area contributed by atoms with E-state index in [0.717, 1.165) is 11.1 Å². The van der Waals surface area contributed by atoms with Gasteiger partial charge in [-0.3, -0.25) is 9.88 Å². The number of rotatable bonds is 5. The first-order chi connectivity index (χ1) is 12.1. The molecule has 2 aromatic rings. The van der Waals surface area contributed by atoms with Crippen molar-refractivity contribution in [1.29, 1.82) is 0 Å². The number of hydrazone groups is 1. The molecule has 130 valence electrons. The summed E-state index contributed by atoms with van der Waals surface area (Å²) in [4.78, 5) is 22.8. The topological polar surface area (TPSA) is 99.8 Å². The van der Waals surface area contributed by atoms with E-state index >= 15 is 0 Å². The smallest absolute Gasteiger partial charge is 0.273 e. The van der Waals surface area contributed by atoms with E-state index in [-0.39, 0.29) is 5.96 Å². The summed E-state index contributed by atoms with van der Waals surface area (Å²) in [5.74, 6) is 0.224. The van der Waals surface area contributed by atoms with Gasteiger partial charge in [0, 0.05) is 31.7 Å². The molecule has 3 rings (SSSR count). The molecule has 0 amide bonds. The summed E-state index contributed by atoms with van der Waals surface area (Å²) in [6, 6.07) is 7.38. The van der Waals surface area contributed by atoms with Crippen LogP contribution in [0.4, 0.5) is 0 Å². The molecule has 0 radical (unpaired) electrons. The van der Waals surface area contributed by atoms with Crippen LogP contribution in [0.25, 0.3) is 0 Å². The van der Waals surface area contributed by atoms with Gasteiger partial charge in [-0.05, 0) is 23.3 Å². The van der Waals surface area contributed by atoms with Crippen LogP contribution in [0.1, 0.15) is 11.1 Å². The van der Waals surface area contributed by atoms with E-state index in [2.05, 4.69) is 25.3 Å². The summed E-state index contributed by atoms with van der Waals surface area (Å²) in [6.07, 6.45) is 5.17. The Hall–Kier alpha value is -2.78. The molecule has 0 aromatic carbocycles. The van der Waals surface area contributed by atoms with E-state index in [1.807, 2.05) is 18.2 Å². The van der Waals surface area contributed by atoms with E-state index in [1.54, 1.807) is 29.6 Å². The molecule has 0 saturated carbocycles. The zero-order valence-electron chi connectivity index (χ0n) is 13.2. The van der Waals surface area contributed by atoms with Gasteiger partial charge in [0.2, 0.25) is 0 Å². The molecule has 1 aliphatic rings. The van der Waals surface area contributed by atoms with E-state index in [4.69, 9.17) is 11.6 Å². The summed E-state index contributed by atoms with van der Waals surface area (Å²) in [6.45, 7) is 2.03. The largest absolute Gasteiger partial charge is 0.338 e. The zero-order valence-corrected chi connectivity index (χ0v) is 14.0. The minimum atomic E-state index is -0.702. The first kappa shape index (κ1) is 17.1. The van der Waals surface area contributed by atoms with E-state index in [1.165, 1.54) is 0 Å². The molecular formula is C15H16ClN7O2. The lowest BCUT2D eigenvalue weighted by Gasteiger charge is -2.37. The quantitative estimate of drug-likeness (QED) is 0.489. The Labute approximate surface area is 149 Å². The van der Waals surface area contributed by atoms with Crippen molar-refractivity contribution in [2.24, 2.45) is 5.10 Å². The maximum Gasteiger partial charge on any atom is 0.273 e. The molecule has 0 atom stereocenters. The fourth-order valence-electron chi connectivity index (χ4n) is 2.53. The van der Waals surface area contributed by atoms with Gasteiger partial charge in [0.25, 0.3) is 5.96 Å². The molecular weight excluding hydrogens is 346 g/mol. The Balaban J connectivity index is 1.73. The van der Waals surface area contributed by atoms with Crippen LogP contribution in [0, 0.1) is 10.1 Å². The Morgan fingerprint density at radius 3 is 2.80 bits per heavy atom. The summed E-state index contributed by atoms with van der Waals surface area (Å²) < 4.78 is 0. The number of hydrogen-bond donors (Lipinski definition) is 1. The van der Waals surface area contributed by atoms with Crippen LogP contribution in [-0.2, 0) is 13.1 Å². The monoisotopic (exact) mass is 361 g/mol. The van der Waals surface area contributed by atoms with Gasteiger partial charge >= 0.3 is 0 Å². The Bertz CT molecular complexity index is 754. The van der Waals surface area contributed by atoms with Crippen LogP contribution in [0.5, 0.6) is 0 Å². The molecule has 0 aliphatic carbocycles. The zero-order chi connectivity index (χ0) is 17.6. The fraction of sp³-hybridized carbons (Fsp3) is 0.267. The summed E-state index contributed by atoms with van der Waals surface area (Å²) in [5, 5.41) is 16.9. The first-order valence-electron chi connectivity index (χ1n) is 7.53. The van der Waals surface area contributed by atoms with Crippen LogP contribution >= 0.6 is 11.6 Å². The molecule has 0 unspecified atom stereocenters. The first-order valence-corrected chi connectivity index (χ1v) is 7.91.